The van der Waals surface area contributed by atoms with E-state index in [1.807, 2.05) is 6.07 Å². The van der Waals surface area contributed by atoms with Crippen molar-refractivity contribution in [3.05, 3.63) is 59.2 Å². The average Bonchev–Trinajstić information content (AvgIpc) is 3.03. The fraction of sp³-hybridized carbons (Fsp3) is 0.300. The number of anilines is 1. The third kappa shape index (κ3) is 3.65. The van der Waals surface area contributed by atoms with Crippen LogP contribution in [0, 0.1) is 0 Å². The van der Waals surface area contributed by atoms with Crippen molar-refractivity contribution in [1.29, 1.82) is 0 Å². The zero-order chi connectivity index (χ0) is 17.1. The van der Waals surface area contributed by atoms with Crippen molar-refractivity contribution < 1.29 is 14.3 Å². The number of fused-ring (bicyclic) bond motifs is 1. The average molecular weight is 323 g/mol. The molecule has 1 atom stereocenters. The molecule has 4 heteroatoms. The Bertz CT molecular complexity index is 765. The summed E-state index contributed by atoms with van der Waals surface area (Å²) in [5, 5.41) is 2.90. The standard InChI is InChI=1S/C20H21NO3/c1-13(22)15-7-10-19(11-8-15)24-14(2)20(23)21-18-9-6-16-4-3-5-17(16)12-18/h6-12,14H,3-5H2,1-2H3,(H,21,23). The topological polar surface area (TPSA) is 55.4 Å². The van der Waals surface area contributed by atoms with Crippen molar-refractivity contribution in [1.82, 2.24) is 0 Å². The van der Waals surface area contributed by atoms with Crippen LogP contribution in [-0.4, -0.2) is 17.8 Å². The number of ketones is 1. The summed E-state index contributed by atoms with van der Waals surface area (Å²) < 4.78 is 5.65. The molecule has 124 valence electrons. The van der Waals surface area contributed by atoms with Gasteiger partial charge in [0.05, 0.1) is 0 Å². The Kier molecular flexibility index (Phi) is 4.65. The summed E-state index contributed by atoms with van der Waals surface area (Å²) in [7, 11) is 0. The van der Waals surface area contributed by atoms with Gasteiger partial charge in [-0.05, 0) is 80.6 Å². The predicted molar refractivity (Wildman–Crippen MR) is 93.6 cm³/mol. The van der Waals surface area contributed by atoms with Gasteiger partial charge in [0.2, 0.25) is 0 Å². The van der Waals surface area contributed by atoms with E-state index in [1.165, 1.54) is 24.5 Å². The van der Waals surface area contributed by atoms with Gasteiger partial charge in [0, 0.05) is 11.3 Å². The summed E-state index contributed by atoms with van der Waals surface area (Å²) in [6, 6.07) is 12.9. The number of carbonyl (C=O) groups excluding carboxylic acids is 2. The highest BCUT2D eigenvalue weighted by atomic mass is 16.5. The van der Waals surface area contributed by atoms with Crippen molar-refractivity contribution in [3.63, 3.8) is 0 Å². The van der Waals surface area contributed by atoms with Gasteiger partial charge in [0.15, 0.2) is 11.9 Å². The number of ether oxygens (including phenoxy) is 1. The van der Waals surface area contributed by atoms with Gasteiger partial charge in [-0.3, -0.25) is 9.59 Å². The fourth-order valence-electron chi connectivity index (χ4n) is 2.92. The van der Waals surface area contributed by atoms with Gasteiger partial charge in [0.1, 0.15) is 5.75 Å². The molecule has 3 rings (SSSR count). The monoisotopic (exact) mass is 323 g/mol. The van der Waals surface area contributed by atoms with Crippen LogP contribution in [-0.2, 0) is 17.6 Å². The SMILES string of the molecule is CC(=O)c1ccc(OC(C)C(=O)Nc2ccc3c(c2)CCC3)cc1. The van der Waals surface area contributed by atoms with Gasteiger partial charge in [-0.1, -0.05) is 6.07 Å². The van der Waals surface area contributed by atoms with Crippen LogP contribution in [0.2, 0.25) is 0 Å². The highest BCUT2D eigenvalue weighted by molar-refractivity contribution is 5.95. The lowest BCUT2D eigenvalue weighted by Gasteiger charge is -2.15. The van der Waals surface area contributed by atoms with E-state index in [9.17, 15) is 9.59 Å². The van der Waals surface area contributed by atoms with E-state index in [4.69, 9.17) is 4.74 Å². The molecule has 1 aliphatic carbocycles. The van der Waals surface area contributed by atoms with Crippen molar-refractivity contribution in [2.24, 2.45) is 0 Å². The molecule has 0 aliphatic heterocycles. The smallest absolute Gasteiger partial charge is 0.265 e. The quantitative estimate of drug-likeness (QED) is 0.852. The van der Waals surface area contributed by atoms with Crippen LogP contribution < -0.4 is 10.1 Å². The molecule has 0 spiro atoms. The third-order valence-corrected chi connectivity index (χ3v) is 4.31. The molecule has 1 aliphatic rings. The van der Waals surface area contributed by atoms with Gasteiger partial charge in [-0.2, -0.15) is 0 Å². The number of hydrogen-bond donors (Lipinski definition) is 1. The highest BCUT2D eigenvalue weighted by Crippen LogP contribution is 2.25. The molecule has 1 N–H and O–H groups in total. The summed E-state index contributed by atoms with van der Waals surface area (Å²) in [5.41, 5.74) is 4.13. The van der Waals surface area contributed by atoms with Crippen LogP contribution in [0.25, 0.3) is 0 Å². The lowest BCUT2D eigenvalue weighted by atomic mass is 10.1. The second-order valence-electron chi connectivity index (χ2n) is 6.17. The van der Waals surface area contributed by atoms with E-state index in [0.29, 0.717) is 11.3 Å². The zero-order valence-electron chi connectivity index (χ0n) is 14.0. The minimum Gasteiger partial charge on any atom is -0.481 e. The van der Waals surface area contributed by atoms with Crippen LogP contribution in [0.4, 0.5) is 5.69 Å². The zero-order valence-corrected chi connectivity index (χ0v) is 14.0. The Morgan fingerprint density at radius 3 is 2.46 bits per heavy atom. The molecule has 1 amide bonds. The van der Waals surface area contributed by atoms with E-state index in [0.717, 1.165) is 18.5 Å². The minimum atomic E-state index is -0.624. The Morgan fingerprint density at radius 1 is 1.04 bits per heavy atom. The van der Waals surface area contributed by atoms with Crippen LogP contribution in [0.5, 0.6) is 5.75 Å². The van der Waals surface area contributed by atoms with E-state index >= 15 is 0 Å². The molecule has 0 fully saturated rings. The van der Waals surface area contributed by atoms with Gasteiger partial charge < -0.3 is 10.1 Å². The number of rotatable bonds is 5. The largest absolute Gasteiger partial charge is 0.481 e. The molecule has 0 bridgehead atoms. The second kappa shape index (κ2) is 6.87. The van der Waals surface area contributed by atoms with Crippen molar-refractivity contribution in [3.8, 4) is 5.75 Å². The van der Waals surface area contributed by atoms with Crippen molar-refractivity contribution in [2.75, 3.05) is 5.32 Å². The number of Topliss-reactive ketones (excluding diaryl/α,β-unsaturated/α-hetero) is 1. The first-order chi connectivity index (χ1) is 11.5. The normalized spacial score (nSPS) is 13.9. The maximum atomic E-state index is 12.3. The number of amides is 1. The van der Waals surface area contributed by atoms with Crippen LogP contribution in [0.1, 0.15) is 41.8 Å². The summed E-state index contributed by atoms with van der Waals surface area (Å²) in [6.45, 7) is 3.23. The first-order valence-electron chi connectivity index (χ1n) is 8.23. The number of nitrogens with one attached hydrogen (secondary N) is 1. The molecule has 24 heavy (non-hydrogen) atoms. The lowest BCUT2D eigenvalue weighted by molar-refractivity contribution is -0.122. The second-order valence-corrected chi connectivity index (χ2v) is 6.17. The highest BCUT2D eigenvalue weighted by Gasteiger charge is 2.17. The molecule has 2 aromatic carbocycles. The summed E-state index contributed by atoms with van der Waals surface area (Å²) in [4.78, 5) is 23.6. The van der Waals surface area contributed by atoms with Crippen LogP contribution in [0.15, 0.2) is 42.5 Å². The number of carbonyl (C=O) groups is 2. The predicted octanol–water partition coefficient (Wildman–Crippen LogP) is 3.78. The third-order valence-electron chi connectivity index (χ3n) is 4.31. The summed E-state index contributed by atoms with van der Waals surface area (Å²) in [5.74, 6) is 0.379. The first kappa shape index (κ1) is 16.2. The van der Waals surface area contributed by atoms with E-state index in [-0.39, 0.29) is 11.7 Å². The van der Waals surface area contributed by atoms with Gasteiger partial charge in [-0.15, -0.1) is 0 Å². The molecule has 0 heterocycles. The lowest BCUT2D eigenvalue weighted by Crippen LogP contribution is -2.30. The fourth-order valence-corrected chi connectivity index (χ4v) is 2.92. The van der Waals surface area contributed by atoms with Crippen molar-refractivity contribution in [2.45, 2.75) is 39.2 Å². The maximum absolute atomic E-state index is 12.3. The van der Waals surface area contributed by atoms with Gasteiger partial charge in [-0.25, -0.2) is 0 Å². The Hall–Kier alpha value is -2.62. The molecular weight excluding hydrogens is 302 g/mol. The molecular formula is C20H21NO3. The van der Waals surface area contributed by atoms with E-state index < -0.39 is 6.10 Å². The molecule has 0 aromatic heterocycles. The van der Waals surface area contributed by atoms with E-state index in [2.05, 4.69) is 17.4 Å². The Labute approximate surface area is 141 Å². The Balaban J connectivity index is 1.61. The molecule has 0 saturated carbocycles. The molecule has 0 saturated heterocycles. The van der Waals surface area contributed by atoms with Crippen LogP contribution >= 0.6 is 0 Å². The molecule has 2 aromatic rings. The molecule has 4 nitrogen and oxygen atoms in total. The van der Waals surface area contributed by atoms with Crippen LogP contribution in [0.3, 0.4) is 0 Å². The number of aryl methyl sites for hydroxylation is 2. The molecule has 1 unspecified atom stereocenters. The number of benzene rings is 2. The van der Waals surface area contributed by atoms with Gasteiger partial charge >= 0.3 is 0 Å². The van der Waals surface area contributed by atoms with E-state index in [1.54, 1.807) is 31.2 Å². The number of hydrogen-bond acceptors (Lipinski definition) is 3. The summed E-state index contributed by atoms with van der Waals surface area (Å²) >= 11 is 0. The first-order valence-corrected chi connectivity index (χ1v) is 8.23. The maximum Gasteiger partial charge on any atom is 0.265 e. The molecule has 0 radical (unpaired) electrons. The van der Waals surface area contributed by atoms with Gasteiger partial charge in [0.25, 0.3) is 5.91 Å². The van der Waals surface area contributed by atoms with Crippen molar-refractivity contribution >= 4 is 17.4 Å². The Morgan fingerprint density at radius 2 is 1.75 bits per heavy atom. The summed E-state index contributed by atoms with van der Waals surface area (Å²) in [6.07, 6.45) is 2.76. The minimum absolute atomic E-state index is 0.00366.